The van der Waals surface area contributed by atoms with E-state index >= 15 is 0 Å². The van der Waals surface area contributed by atoms with Crippen LogP contribution in [-0.4, -0.2) is 15.0 Å². The molecule has 0 aliphatic carbocycles. The Kier molecular flexibility index (Phi) is 1.47. The Balaban J connectivity index is 2.98. The van der Waals surface area contributed by atoms with Gasteiger partial charge in [0.2, 0.25) is 5.71 Å². The fraction of sp³-hybridized carbons (Fsp3) is 0.286. The van der Waals surface area contributed by atoms with E-state index in [2.05, 4.69) is 15.0 Å². The zero-order chi connectivity index (χ0) is 8.72. The minimum absolute atomic E-state index is 0.484. The quantitative estimate of drug-likeness (QED) is 0.630. The Morgan fingerprint density at radius 3 is 2.83 bits per heavy atom. The molecule has 2 heterocycles. The summed E-state index contributed by atoms with van der Waals surface area (Å²) < 4.78 is 5.74. The summed E-state index contributed by atoms with van der Waals surface area (Å²) in [7, 11) is 0. The lowest BCUT2D eigenvalue weighted by Gasteiger charge is -1.90. The van der Waals surface area contributed by atoms with Crippen LogP contribution in [0.4, 0.5) is 0 Å². The van der Waals surface area contributed by atoms with E-state index in [1.54, 1.807) is 6.92 Å². The molecule has 12 heavy (non-hydrogen) atoms. The molecule has 0 spiro atoms. The minimum Gasteiger partial charge on any atom is -0.424 e. The van der Waals surface area contributed by atoms with Crippen molar-refractivity contribution in [2.45, 2.75) is 13.8 Å². The first-order valence-corrected chi connectivity index (χ1v) is 3.92. The molecule has 2 aromatic heterocycles. The summed E-state index contributed by atoms with van der Waals surface area (Å²) in [4.78, 5) is 11.1. The van der Waals surface area contributed by atoms with Gasteiger partial charge in [-0.05, 0) is 6.92 Å². The number of nitrogens with one attached hydrogen (secondary N) is 1. The van der Waals surface area contributed by atoms with Crippen molar-refractivity contribution in [3.8, 4) is 0 Å². The van der Waals surface area contributed by atoms with Crippen molar-refractivity contribution in [3.63, 3.8) is 0 Å². The molecule has 0 saturated heterocycles. The lowest BCUT2D eigenvalue weighted by molar-refractivity contribution is 0.550. The Bertz CT molecular complexity index is 485. The number of hydrogen-bond acceptors (Lipinski definition) is 4. The van der Waals surface area contributed by atoms with Crippen LogP contribution < -0.4 is 0 Å². The maximum absolute atomic E-state index is 5.26. The van der Waals surface area contributed by atoms with E-state index in [1.807, 2.05) is 6.92 Å². The van der Waals surface area contributed by atoms with Crippen molar-refractivity contribution in [1.82, 2.24) is 15.0 Å². The second-order valence-corrected chi connectivity index (χ2v) is 2.92. The first-order chi connectivity index (χ1) is 5.66. The number of oxazole rings is 1. The standard InChI is InChI=1S/C7H7N3OS/c1-3-8-6-5(7(12)9-3)10-4(2)11-6/h1-2H3,(H,8,9,12). The zero-order valence-electron chi connectivity index (χ0n) is 6.71. The number of H-pyrrole nitrogens is 1. The molecule has 1 N–H and O–H groups in total. The first-order valence-electron chi connectivity index (χ1n) is 3.51. The van der Waals surface area contributed by atoms with Crippen LogP contribution in [0.25, 0.3) is 11.2 Å². The van der Waals surface area contributed by atoms with Crippen LogP contribution in [0.1, 0.15) is 11.7 Å². The minimum atomic E-state index is 0.484. The van der Waals surface area contributed by atoms with Gasteiger partial charge in [0.1, 0.15) is 5.82 Å². The lowest BCUT2D eigenvalue weighted by Crippen LogP contribution is -1.87. The second-order valence-electron chi connectivity index (χ2n) is 2.54. The van der Waals surface area contributed by atoms with E-state index in [9.17, 15) is 0 Å². The van der Waals surface area contributed by atoms with E-state index in [0.29, 0.717) is 21.8 Å². The van der Waals surface area contributed by atoms with Gasteiger partial charge in [0, 0.05) is 6.92 Å². The van der Waals surface area contributed by atoms with E-state index in [0.717, 1.165) is 5.82 Å². The molecule has 0 aromatic carbocycles. The van der Waals surface area contributed by atoms with E-state index in [4.69, 9.17) is 16.6 Å². The molecule has 0 saturated carbocycles. The van der Waals surface area contributed by atoms with Gasteiger partial charge in [0.15, 0.2) is 16.0 Å². The van der Waals surface area contributed by atoms with Crippen LogP contribution in [0, 0.1) is 18.5 Å². The molecule has 0 fully saturated rings. The smallest absolute Gasteiger partial charge is 0.229 e. The topological polar surface area (TPSA) is 54.7 Å². The van der Waals surface area contributed by atoms with Gasteiger partial charge in [-0.25, -0.2) is 9.97 Å². The van der Waals surface area contributed by atoms with Crippen LogP contribution in [0.2, 0.25) is 0 Å². The number of fused-ring (bicyclic) bond motifs is 1. The first kappa shape index (κ1) is 7.42. The molecular weight excluding hydrogens is 174 g/mol. The molecule has 0 amide bonds. The largest absolute Gasteiger partial charge is 0.424 e. The molecule has 5 heteroatoms. The third-order valence-electron chi connectivity index (χ3n) is 1.50. The monoisotopic (exact) mass is 181 g/mol. The maximum atomic E-state index is 5.26. The van der Waals surface area contributed by atoms with Gasteiger partial charge < -0.3 is 9.40 Å². The predicted octanol–water partition coefficient (Wildman–Crippen LogP) is 1.90. The summed E-state index contributed by atoms with van der Waals surface area (Å²) in [5.41, 5.74) is 1.23. The van der Waals surface area contributed by atoms with Gasteiger partial charge in [0.05, 0.1) is 0 Å². The van der Waals surface area contributed by atoms with Crippen LogP contribution in [0.3, 0.4) is 0 Å². The highest BCUT2D eigenvalue weighted by molar-refractivity contribution is 7.71. The van der Waals surface area contributed by atoms with Gasteiger partial charge in [0.25, 0.3) is 0 Å². The Labute approximate surface area is 73.7 Å². The average Bonchev–Trinajstić information content (AvgIpc) is 2.29. The summed E-state index contributed by atoms with van der Waals surface area (Å²) in [6, 6.07) is 0. The highest BCUT2D eigenvalue weighted by atomic mass is 32.1. The summed E-state index contributed by atoms with van der Waals surface area (Å²) >= 11 is 5.00. The highest BCUT2D eigenvalue weighted by Crippen LogP contribution is 2.12. The molecule has 0 bridgehead atoms. The molecular formula is C7H7N3OS. The van der Waals surface area contributed by atoms with Crippen LogP contribution >= 0.6 is 12.2 Å². The highest BCUT2D eigenvalue weighted by Gasteiger charge is 2.04. The van der Waals surface area contributed by atoms with Gasteiger partial charge in [-0.2, -0.15) is 0 Å². The van der Waals surface area contributed by atoms with Gasteiger partial charge in [-0.15, -0.1) is 0 Å². The van der Waals surface area contributed by atoms with Crippen LogP contribution in [0.5, 0.6) is 0 Å². The number of aromatic amines is 1. The SMILES string of the molecule is Cc1nc(=S)c2nc(C)oc2[nH]1. The lowest BCUT2D eigenvalue weighted by atomic mass is 10.5. The van der Waals surface area contributed by atoms with Crippen molar-refractivity contribution in [1.29, 1.82) is 0 Å². The van der Waals surface area contributed by atoms with Gasteiger partial charge >= 0.3 is 0 Å². The normalized spacial score (nSPS) is 10.8. The molecule has 0 aliphatic rings. The summed E-state index contributed by atoms with van der Waals surface area (Å²) in [5.74, 6) is 1.34. The number of aromatic nitrogens is 3. The molecule has 0 radical (unpaired) electrons. The Morgan fingerprint density at radius 1 is 1.33 bits per heavy atom. The zero-order valence-corrected chi connectivity index (χ0v) is 7.53. The fourth-order valence-corrected chi connectivity index (χ4v) is 1.33. The van der Waals surface area contributed by atoms with Crippen molar-refractivity contribution in [2.24, 2.45) is 0 Å². The second kappa shape index (κ2) is 2.38. The van der Waals surface area contributed by atoms with Crippen molar-refractivity contribution in [2.75, 3.05) is 0 Å². The third kappa shape index (κ3) is 1.02. The molecule has 62 valence electrons. The van der Waals surface area contributed by atoms with Gasteiger partial charge in [-0.1, -0.05) is 12.2 Å². The summed E-state index contributed by atoms with van der Waals surface area (Å²) in [5, 5.41) is 0. The Morgan fingerprint density at radius 2 is 2.08 bits per heavy atom. The fourth-order valence-electron chi connectivity index (χ4n) is 1.05. The third-order valence-corrected chi connectivity index (χ3v) is 1.78. The predicted molar refractivity (Wildman–Crippen MR) is 46.5 cm³/mol. The van der Waals surface area contributed by atoms with Gasteiger partial charge in [-0.3, -0.25) is 0 Å². The van der Waals surface area contributed by atoms with Crippen molar-refractivity contribution in [3.05, 3.63) is 16.4 Å². The van der Waals surface area contributed by atoms with Crippen molar-refractivity contribution < 1.29 is 4.42 Å². The molecule has 0 unspecified atom stereocenters. The van der Waals surface area contributed by atoms with E-state index in [-0.39, 0.29) is 0 Å². The van der Waals surface area contributed by atoms with E-state index in [1.165, 1.54) is 0 Å². The van der Waals surface area contributed by atoms with Crippen LogP contribution in [-0.2, 0) is 0 Å². The average molecular weight is 181 g/mol. The maximum Gasteiger partial charge on any atom is 0.229 e. The Hall–Kier alpha value is -1.23. The molecule has 2 rings (SSSR count). The molecule has 0 aliphatic heterocycles. The summed E-state index contributed by atoms with van der Waals surface area (Å²) in [6.45, 7) is 3.60. The number of hydrogen-bond donors (Lipinski definition) is 1. The number of aryl methyl sites for hydroxylation is 2. The number of nitrogens with zero attached hydrogens (tertiary/aromatic N) is 2. The van der Waals surface area contributed by atoms with Crippen LogP contribution in [0.15, 0.2) is 4.42 Å². The number of rotatable bonds is 0. The van der Waals surface area contributed by atoms with Crippen molar-refractivity contribution >= 4 is 23.4 Å². The van der Waals surface area contributed by atoms with E-state index < -0.39 is 0 Å². The summed E-state index contributed by atoms with van der Waals surface area (Å²) in [6.07, 6.45) is 0. The molecule has 0 atom stereocenters. The molecule has 2 aromatic rings. The molecule has 4 nitrogen and oxygen atoms in total.